The number of aromatic amines is 1. The van der Waals surface area contributed by atoms with Crippen molar-refractivity contribution in [3.63, 3.8) is 0 Å². The van der Waals surface area contributed by atoms with Crippen LogP contribution in [0, 0.1) is 6.92 Å². The number of hydrogen-bond donors (Lipinski definition) is 1. The topological polar surface area (TPSA) is 28.7 Å². The Kier molecular flexibility index (Phi) is 3.14. The molecule has 0 atom stereocenters. The normalized spacial score (nSPS) is 10.4. The third kappa shape index (κ3) is 2.37. The predicted octanol–water partition coefficient (Wildman–Crippen LogP) is 2.13. The van der Waals surface area contributed by atoms with E-state index in [0.29, 0.717) is 0 Å². The Morgan fingerprint density at radius 1 is 1.64 bits per heavy atom. The molecule has 1 heterocycles. The van der Waals surface area contributed by atoms with Crippen LogP contribution < -0.4 is 0 Å². The molecule has 0 amide bonds. The molecule has 1 rings (SSSR count). The first-order valence-corrected chi connectivity index (χ1v) is 4.19. The maximum Gasteiger partial charge on any atom is 0.0625 e. The van der Waals surface area contributed by atoms with E-state index in [4.69, 9.17) is 0 Å². The third-order valence-corrected chi connectivity index (χ3v) is 1.74. The summed E-state index contributed by atoms with van der Waals surface area (Å²) in [6, 6.07) is 2.10. The molecule has 1 N–H and O–H groups in total. The fourth-order valence-electron chi connectivity index (χ4n) is 1.02. The molecule has 1 aromatic rings. The number of nitrogens with zero attached hydrogens (tertiary/aromatic N) is 1. The molecule has 61 valence electrons. The van der Waals surface area contributed by atoms with Gasteiger partial charge in [0, 0.05) is 5.69 Å². The monoisotopic (exact) mass is 151 g/mol. The Bertz CT molecular complexity index is 203. The van der Waals surface area contributed by atoms with Gasteiger partial charge in [-0.15, -0.1) is 0 Å². The van der Waals surface area contributed by atoms with Gasteiger partial charge in [-0.05, 0) is 32.3 Å². The fraction of sp³-hybridized carbons (Fsp3) is 0.556. The molecule has 0 fully saturated rings. The smallest absolute Gasteiger partial charge is 0.0625 e. The van der Waals surface area contributed by atoms with Crippen molar-refractivity contribution in [1.82, 2.24) is 10.2 Å². The Hall–Kier alpha value is -0.790. The van der Waals surface area contributed by atoms with Crippen LogP contribution in [0.2, 0.25) is 0 Å². The maximum absolute atomic E-state index is 4.16. The van der Waals surface area contributed by atoms with Gasteiger partial charge in [0.05, 0.1) is 5.69 Å². The molecule has 1 aromatic heterocycles. The van der Waals surface area contributed by atoms with Crippen LogP contribution in [-0.4, -0.2) is 10.2 Å². The molecule has 0 saturated carbocycles. The van der Waals surface area contributed by atoms with E-state index in [1.165, 1.54) is 18.5 Å². The van der Waals surface area contributed by atoms with E-state index >= 15 is 0 Å². The van der Waals surface area contributed by atoms with Gasteiger partial charge < -0.3 is 0 Å². The van der Waals surface area contributed by atoms with Gasteiger partial charge in [0.25, 0.3) is 0 Å². The third-order valence-electron chi connectivity index (χ3n) is 1.74. The van der Waals surface area contributed by atoms with Gasteiger partial charge in [-0.2, -0.15) is 5.10 Å². The van der Waals surface area contributed by atoms with E-state index in [1.807, 2.05) is 0 Å². The van der Waals surface area contributed by atoms with Crippen LogP contribution in [0.1, 0.15) is 31.2 Å². The first-order valence-electron chi connectivity index (χ1n) is 4.19. The molecular formula is C9H15N2. The van der Waals surface area contributed by atoms with Crippen molar-refractivity contribution in [2.24, 2.45) is 0 Å². The lowest BCUT2D eigenvalue weighted by molar-refractivity contribution is 0.771. The Labute approximate surface area is 68.0 Å². The molecule has 1 radical (unpaired) electrons. The predicted molar refractivity (Wildman–Crippen MR) is 46.3 cm³/mol. The molecule has 0 saturated heterocycles. The number of aryl methyl sites for hydroxylation is 1. The van der Waals surface area contributed by atoms with Crippen molar-refractivity contribution in [3.05, 3.63) is 24.4 Å². The van der Waals surface area contributed by atoms with E-state index in [9.17, 15) is 0 Å². The highest BCUT2D eigenvalue weighted by Gasteiger charge is 1.97. The molecule has 0 aliphatic carbocycles. The SMILES string of the molecule is [CH2]Cc1cc(CCCC)n[nH]1. The van der Waals surface area contributed by atoms with E-state index in [0.717, 1.165) is 18.5 Å². The lowest BCUT2D eigenvalue weighted by Gasteiger charge is -1.89. The summed E-state index contributed by atoms with van der Waals surface area (Å²) in [6.45, 7) is 5.97. The summed E-state index contributed by atoms with van der Waals surface area (Å²) < 4.78 is 0. The number of rotatable bonds is 4. The molecule has 11 heavy (non-hydrogen) atoms. The van der Waals surface area contributed by atoms with Gasteiger partial charge in [0.1, 0.15) is 0 Å². The molecular weight excluding hydrogens is 136 g/mol. The zero-order chi connectivity index (χ0) is 8.10. The quantitative estimate of drug-likeness (QED) is 0.701. The van der Waals surface area contributed by atoms with E-state index in [1.54, 1.807) is 0 Å². The first-order chi connectivity index (χ1) is 5.36. The molecule has 0 spiro atoms. The highest BCUT2D eigenvalue weighted by Crippen LogP contribution is 2.03. The molecule has 0 bridgehead atoms. The Morgan fingerprint density at radius 2 is 2.45 bits per heavy atom. The van der Waals surface area contributed by atoms with Crippen LogP contribution in [0.25, 0.3) is 0 Å². The molecule has 0 aliphatic heterocycles. The lowest BCUT2D eigenvalue weighted by Crippen LogP contribution is -1.83. The minimum atomic E-state index is 0.805. The zero-order valence-corrected chi connectivity index (χ0v) is 7.06. The van der Waals surface area contributed by atoms with E-state index < -0.39 is 0 Å². The van der Waals surface area contributed by atoms with Crippen molar-refractivity contribution in [1.29, 1.82) is 0 Å². The maximum atomic E-state index is 4.16. The second kappa shape index (κ2) is 4.16. The number of hydrogen-bond acceptors (Lipinski definition) is 1. The molecule has 0 aliphatic rings. The van der Waals surface area contributed by atoms with Crippen molar-refractivity contribution >= 4 is 0 Å². The van der Waals surface area contributed by atoms with Crippen LogP contribution in [0.4, 0.5) is 0 Å². The summed E-state index contributed by atoms with van der Waals surface area (Å²) in [5.74, 6) is 0. The number of unbranched alkanes of at least 4 members (excludes halogenated alkanes) is 1. The van der Waals surface area contributed by atoms with Crippen molar-refractivity contribution in [3.8, 4) is 0 Å². The van der Waals surface area contributed by atoms with E-state index in [2.05, 4.69) is 30.1 Å². The van der Waals surface area contributed by atoms with Gasteiger partial charge in [-0.3, -0.25) is 5.10 Å². The largest absolute Gasteiger partial charge is 0.282 e. The minimum absolute atomic E-state index is 0.805. The standard InChI is InChI=1S/C9H15N2/c1-3-5-6-9-7-8(4-2)10-11-9/h7H,2-6H2,1H3,(H,10,11). The summed E-state index contributed by atoms with van der Waals surface area (Å²) >= 11 is 0. The first kappa shape index (κ1) is 8.31. The van der Waals surface area contributed by atoms with Gasteiger partial charge in [-0.25, -0.2) is 0 Å². The minimum Gasteiger partial charge on any atom is -0.282 e. The Balaban J connectivity index is 2.44. The van der Waals surface area contributed by atoms with Gasteiger partial charge in [0.15, 0.2) is 0 Å². The van der Waals surface area contributed by atoms with Crippen LogP contribution in [0.5, 0.6) is 0 Å². The highest BCUT2D eigenvalue weighted by atomic mass is 15.1. The average molecular weight is 151 g/mol. The van der Waals surface area contributed by atoms with Gasteiger partial charge >= 0.3 is 0 Å². The molecule has 0 unspecified atom stereocenters. The van der Waals surface area contributed by atoms with Gasteiger partial charge in [-0.1, -0.05) is 13.3 Å². The summed E-state index contributed by atoms with van der Waals surface area (Å²) in [4.78, 5) is 0. The van der Waals surface area contributed by atoms with Crippen molar-refractivity contribution < 1.29 is 0 Å². The molecule has 0 aromatic carbocycles. The van der Waals surface area contributed by atoms with Crippen LogP contribution in [-0.2, 0) is 12.8 Å². The van der Waals surface area contributed by atoms with Crippen molar-refractivity contribution in [2.75, 3.05) is 0 Å². The summed E-state index contributed by atoms with van der Waals surface area (Å²) in [5.41, 5.74) is 2.31. The second-order valence-electron chi connectivity index (χ2n) is 2.74. The zero-order valence-electron chi connectivity index (χ0n) is 7.06. The van der Waals surface area contributed by atoms with Crippen LogP contribution >= 0.6 is 0 Å². The fourth-order valence-corrected chi connectivity index (χ4v) is 1.02. The molecule has 2 heteroatoms. The Morgan fingerprint density at radius 3 is 3.00 bits per heavy atom. The van der Waals surface area contributed by atoms with Gasteiger partial charge in [0.2, 0.25) is 0 Å². The van der Waals surface area contributed by atoms with E-state index in [-0.39, 0.29) is 0 Å². The van der Waals surface area contributed by atoms with Crippen molar-refractivity contribution in [2.45, 2.75) is 32.6 Å². The second-order valence-corrected chi connectivity index (χ2v) is 2.74. The number of aromatic nitrogens is 2. The number of nitrogens with one attached hydrogen (secondary N) is 1. The average Bonchev–Trinajstić information content (AvgIpc) is 2.48. The van der Waals surface area contributed by atoms with Crippen LogP contribution in [0.15, 0.2) is 6.07 Å². The summed E-state index contributed by atoms with van der Waals surface area (Å²) in [5, 5.41) is 7.11. The lowest BCUT2D eigenvalue weighted by atomic mass is 10.2. The molecule has 2 nitrogen and oxygen atoms in total. The highest BCUT2D eigenvalue weighted by molar-refractivity contribution is 5.09. The summed E-state index contributed by atoms with van der Waals surface area (Å²) in [7, 11) is 0. The number of H-pyrrole nitrogens is 1. The van der Waals surface area contributed by atoms with Crippen LogP contribution in [0.3, 0.4) is 0 Å². The summed E-state index contributed by atoms with van der Waals surface area (Å²) in [6.07, 6.45) is 4.35.